The first-order valence-corrected chi connectivity index (χ1v) is 6.35. The highest BCUT2D eigenvalue weighted by atomic mass is 16.3. The molecule has 106 valence electrons. The van der Waals surface area contributed by atoms with Crippen LogP contribution in [0.15, 0.2) is 39.5 Å². The molecule has 1 aromatic heterocycles. The predicted molar refractivity (Wildman–Crippen MR) is 75.7 cm³/mol. The number of aliphatic hydroxyl groups excluding tert-OH is 1. The third kappa shape index (κ3) is 3.05. The van der Waals surface area contributed by atoms with Crippen LogP contribution in [0.25, 0.3) is 11.0 Å². The molecule has 2 rings (SSSR count). The molecule has 0 spiro atoms. The number of hydrogen-bond donors (Lipinski definition) is 2. The van der Waals surface area contributed by atoms with Gasteiger partial charge in [0, 0.05) is 24.6 Å². The summed E-state index contributed by atoms with van der Waals surface area (Å²) < 4.78 is 5.43. The molecule has 0 aliphatic rings. The molecule has 1 aromatic carbocycles. The van der Waals surface area contributed by atoms with Crippen molar-refractivity contribution in [3.8, 4) is 0 Å². The number of para-hydroxylation sites is 1. The summed E-state index contributed by atoms with van der Waals surface area (Å²) in [4.78, 5) is 23.9. The van der Waals surface area contributed by atoms with Gasteiger partial charge in [-0.15, -0.1) is 0 Å². The summed E-state index contributed by atoms with van der Waals surface area (Å²) in [6.07, 6.45) is 0. The second kappa shape index (κ2) is 5.46. The first kappa shape index (κ1) is 14.3. The summed E-state index contributed by atoms with van der Waals surface area (Å²) in [6.45, 7) is 3.89. The van der Waals surface area contributed by atoms with E-state index in [9.17, 15) is 9.59 Å². The Morgan fingerprint density at radius 3 is 2.75 bits per heavy atom. The van der Waals surface area contributed by atoms with Crippen LogP contribution in [0, 0.1) is 5.41 Å². The van der Waals surface area contributed by atoms with Crippen molar-refractivity contribution < 1.29 is 14.3 Å². The number of benzene rings is 1. The number of amides is 1. The molecule has 2 aromatic rings. The minimum absolute atomic E-state index is 0.0255. The lowest BCUT2D eigenvalue weighted by Crippen LogP contribution is -2.36. The largest absolute Gasteiger partial charge is 0.451 e. The highest BCUT2D eigenvalue weighted by Gasteiger charge is 2.19. The van der Waals surface area contributed by atoms with Crippen LogP contribution in [-0.2, 0) is 0 Å². The summed E-state index contributed by atoms with van der Waals surface area (Å²) in [6, 6.07) is 7.96. The highest BCUT2D eigenvalue weighted by molar-refractivity contribution is 5.93. The van der Waals surface area contributed by atoms with Crippen LogP contribution in [0.5, 0.6) is 0 Å². The average molecular weight is 275 g/mol. The van der Waals surface area contributed by atoms with E-state index in [-0.39, 0.29) is 17.8 Å². The van der Waals surface area contributed by atoms with E-state index < -0.39 is 11.3 Å². The van der Waals surface area contributed by atoms with Crippen molar-refractivity contribution in [3.63, 3.8) is 0 Å². The zero-order chi connectivity index (χ0) is 14.8. The molecule has 20 heavy (non-hydrogen) atoms. The lowest BCUT2D eigenvalue weighted by atomic mass is 9.95. The maximum Gasteiger partial charge on any atom is 0.287 e. The van der Waals surface area contributed by atoms with Crippen LogP contribution in [-0.4, -0.2) is 24.2 Å². The number of aliphatic hydroxyl groups is 1. The second-order valence-corrected chi connectivity index (χ2v) is 5.48. The smallest absolute Gasteiger partial charge is 0.287 e. The predicted octanol–water partition coefficient (Wildman–Crippen LogP) is 1.54. The zero-order valence-corrected chi connectivity index (χ0v) is 11.5. The molecule has 0 bridgehead atoms. The second-order valence-electron chi connectivity index (χ2n) is 5.48. The van der Waals surface area contributed by atoms with Crippen molar-refractivity contribution in [2.24, 2.45) is 5.41 Å². The molecule has 5 nitrogen and oxygen atoms in total. The van der Waals surface area contributed by atoms with Crippen molar-refractivity contribution in [1.29, 1.82) is 0 Å². The quantitative estimate of drug-likeness (QED) is 0.887. The van der Waals surface area contributed by atoms with Crippen LogP contribution in [0.4, 0.5) is 0 Å². The third-order valence-electron chi connectivity index (χ3n) is 3.01. The van der Waals surface area contributed by atoms with E-state index in [0.717, 1.165) is 0 Å². The Morgan fingerprint density at radius 2 is 2.05 bits per heavy atom. The standard InChI is InChI=1S/C15H17NO4/c1-15(2,9-17)8-16-14(19)13-7-11(18)10-5-3-4-6-12(10)20-13/h3-7,17H,8-9H2,1-2H3,(H,16,19). The molecule has 0 aliphatic carbocycles. The number of hydrogen-bond acceptors (Lipinski definition) is 4. The molecule has 0 aliphatic heterocycles. The van der Waals surface area contributed by atoms with Crippen LogP contribution >= 0.6 is 0 Å². The van der Waals surface area contributed by atoms with Crippen LogP contribution < -0.4 is 10.7 Å². The molecule has 5 heteroatoms. The molecule has 1 heterocycles. The Balaban J connectivity index is 2.25. The van der Waals surface area contributed by atoms with Crippen LogP contribution in [0.3, 0.4) is 0 Å². The van der Waals surface area contributed by atoms with Crippen molar-refractivity contribution >= 4 is 16.9 Å². The summed E-state index contributed by atoms with van der Waals surface area (Å²) >= 11 is 0. The molecule has 0 saturated heterocycles. The molecular weight excluding hydrogens is 258 g/mol. The zero-order valence-electron chi connectivity index (χ0n) is 11.5. The fourth-order valence-corrected chi connectivity index (χ4v) is 1.68. The van der Waals surface area contributed by atoms with Gasteiger partial charge in [0.1, 0.15) is 5.58 Å². The van der Waals surface area contributed by atoms with Crippen molar-refractivity contribution in [3.05, 3.63) is 46.3 Å². The van der Waals surface area contributed by atoms with Gasteiger partial charge >= 0.3 is 0 Å². The normalized spacial score (nSPS) is 11.6. The van der Waals surface area contributed by atoms with Crippen molar-refractivity contribution in [2.45, 2.75) is 13.8 Å². The molecule has 0 atom stereocenters. The van der Waals surface area contributed by atoms with Gasteiger partial charge < -0.3 is 14.8 Å². The lowest BCUT2D eigenvalue weighted by molar-refractivity contribution is 0.0884. The van der Waals surface area contributed by atoms with E-state index in [4.69, 9.17) is 9.52 Å². The number of nitrogens with one attached hydrogen (secondary N) is 1. The van der Waals surface area contributed by atoms with Gasteiger partial charge in [-0.25, -0.2) is 0 Å². The third-order valence-corrected chi connectivity index (χ3v) is 3.01. The number of carbonyl (C=O) groups is 1. The molecule has 2 N–H and O–H groups in total. The fraction of sp³-hybridized carbons (Fsp3) is 0.333. The minimum Gasteiger partial charge on any atom is -0.451 e. The van der Waals surface area contributed by atoms with E-state index in [2.05, 4.69) is 5.32 Å². The van der Waals surface area contributed by atoms with E-state index in [1.165, 1.54) is 6.07 Å². The Hall–Kier alpha value is -2.14. The van der Waals surface area contributed by atoms with Gasteiger partial charge in [-0.2, -0.15) is 0 Å². The molecule has 0 saturated carbocycles. The van der Waals surface area contributed by atoms with Crippen molar-refractivity contribution in [1.82, 2.24) is 5.32 Å². The maximum absolute atomic E-state index is 12.0. The van der Waals surface area contributed by atoms with Crippen molar-refractivity contribution in [2.75, 3.05) is 13.2 Å². The Kier molecular flexibility index (Phi) is 3.90. The van der Waals surface area contributed by atoms with Gasteiger partial charge in [-0.05, 0) is 12.1 Å². The van der Waals surface area contributed by atoms with Crippen LogP contribution in [0.2, 0.25) is 0 Å². The van der Waals surface area contributed by atoms with Gasteiger partial charge in [0.25, 0.3) is 5.91 Å². The topological polar surface area (TPSA) is 79.5 Å². The van der Waals surface area contributed by atoms with Gasteiger partial charge in [0.2, 0.25) is 0 Å². The monoisotopic (exact) mass is 275 g/mol. The van der Waals surface area contributed by atoms with E-state index in [1.54, 1.807) is 24.3 Å². The average Bonchev–Trinajstić information content (AvgIpc) is 2.45. The number of rotatable bonds is 4. The van der Waals surface area contributed by atoms with E-state index in [0.29, 0.717) is 17.5 Å². The lowest BCUT2D eigenvalue weighted by Gasteiger charge is -2.21. The molecule has 0 radical (unpaired) electrons. The van der Waals surface area contributed by atoms with Gasteiger partial charge in [0.05, 0.1) is 5.39 Å². The first-order chi connectivity index (χ1) is 9.43. The Morgan fingerprint density at radius 1 is 1.35 bits per heavy atom. The molecular formula is C15H17NO4. The Bertz CT molecular complexity index is 688. The van der Waals surface area contributed by atoms with E-state index >= 15 is 0 Å². The van der Waals surface area contributed by atoms with Gasteiger partial charge in [-0.1, -0.05) is 26.0 Å². The molecule has 1 amide bonds. The maximum atomic E-state index is 12.0. The highest BCUT2D eigenvalue weighted by Crippen LogP contribution is 2.13. The Labute approximate surface area is 116 Å². The number of carbonyl (C=O) groups excluding carboxylic acids is 1. The van der Waals surface area contributed by atoms with E-state index in [1.807, 2.05) is 13.8 Å². The molecule has 0 fully saturated rings. The van der Waals surface area contributed by atoms with Gasteiger partial charge in [0.15, 0.2) is 11.2 Å². The summed E-state index contributed by atoms with van der Waals surface area (Å²) in [7, 11) is 0. The summed E-state index contributed by atoms with van der Waals surface area (Å²) in [5.41, 5.74) is -0.294. The first-order valence-electron chi connectivity index (χ1n) is 6.35. The number of fused-ring (bicyclic) bond motifs is 1. The molecule has 0 unspecified atom stereocenters. The minimum atomic E-state index is -0.464. The van der Waals surface area contributed by atoms with Gasteiger partial charge in [-0.3, -0.25) is 9.59 Å². The van der Waals surface area contributed by atoms with Crippen LogP contribution in [0.1, 0.15) is 24.4 Å². The summed E-state index contributed by atoms with van der Waals surface area (Å²) in [5.74, 6) is -0.489. The SMILES string of the molecule is CC(C)(CO)CNC(=O)c1cc(=O)c2ccccc2o1. The fourth-order valence-electron chi connectivity index (χ4n) is 1.68. The summed E-state index contributed by atoms with van der Waals surface area (Å²) in [5, 5.41) is 12.2.